The molecule has 0 atom stereocenters. The summed E-state index contributed by atoms with van der Waals surface area (Å²) in [4.78, 5) is 28.5. The molecule has 0 saturated heterocycles. The van der Waals surface area contributed by atoms with Crippen molar-refractivity contribution >= 4 is 34.8 Å². The summed E-state index contributed by atoms with van der Waals surface area (Å²) >= 11 is 5.87. The Morgan fingerprint density at radius 3 is 2.75 bits per heavy atom. The van der Waals surface area contributed by atoms with E-state index in [2.05, 4.69) is 15.4 Å². The standard InChI is InChI=1S/C20H21ClN4O3/c1-12-9-18-22-13(2)17(14(3)25(18)24-12)7-8-20(27)28-11-19(26)23-16-6-4-5-15(21)10-16/h4-6,9-10H,7-8,11H2,1-3H3,(H,23,26). The lowest BCUT2D eigenvalue weighted by Crippen LogP contribution is -2.21. The maximum absolute atomic E-state index is 12.1. The first-order valence-electron chi connectivity index (χ1n) is 8.87. The molecule has 1 amide bonds. The second-order valence-electron chi connectivity index (χ2n) is 6.54. The monoisotopic (exact) mass is 400 g/mol. The molecular weight excluding hydrogens is 380 g/mol. The van der Waals surface area contributed by atoms with Gasteiger partial charge in [-0.1, -0.05) is 17.7 Å². The van der Waals surface area contributed by atoms with Crippen LogP contribution in [0.3, 0.4) is 0 Å². The minimum absolute atomic E-state index is 0.152. The van der Waals surface area contributed by atoms with Crippen LogP contribution in [0.4, 0.5) is 5.69 Å². The fourth-order valence-electron chi connectivity index (χ4n) is 3.01. The Hall–Kier alpha value is -2.93. The van der Waals surface area contributed by atoms with Crippen LogP contribution in [0.25, 0.3) is 5.65 Å². The van der Waals surface area contributed by atoms with Crippen LogP contribution in [0.2, 0.25) is 5.02 Å². The van der Waals surface area contributed by atoms with E-state index in [0.717, 1.165) is 28.3 Å². The van der Waals surface area contributed by atoms with Crippen molar-refractivity contribution < 1.29 is 14.3 Å². The maximum Gasteiger partial charge on any atom is 0.306 e. The third-order valence-corrected chi connectivity index (χ3v) is 4.57. The first-order valence-corrected chi connectivity index (χ1v) is 9.25. The van der Waals surface area contributed by atoms with Crippen LogP contribution < -0.4 is 5.32 Å². The molecule has 3 rings (SSSR count). The van der Waals surface area contributed by atoms with Crippen molar-refractivity contribution in [3.05, 3.63) is 58.0 Å². The molecule has 1 N–H and O–H groups in total. The van der Waals surface area contributed by atoms with Gasteiger partial charge < -0.3 is 10.1 Å². The molecule has 0 radical (unpaired) electrons. The molecule has 2 heterocycles. The fraction of sp³-hybridized carbons (Fsp3) is 0.300. The Kier molecular flexibility index (Phi) is 5.94. The van der Waals surface area contributed by atoms with Crippen molar-refractivity contribution in [2.75, 3.05) is 11.9 Å². The number of hydrogen-bond acceptors (Lipinski definition) is 5. The van der Waals surface area contributed by atoms with E-state index in [-0.39, 0.29) is 13.0 Å². The molecule has 28 heavy (non-hydrogen) atoms. The topological polar surface area (TPSA) is 85.6 Å². The maximum atomic E-state index is 12.1. The number of benzene rings is 1. The van der Waals surface area contributed by atoms with E-state index >= 15 is 0 Å². The lowest BCUT2D eigenvalue weighted by molar-refractivity contribution is -0.147. The van der Waals surface area contributed by atoms with Crippen LogP contribution in [-0.4, -0.2) is 33.1 Å². The smallest absolute Gasteiger partial charge is 0.306 e. The average molecular weight is 401 g/mol. The second kappa shape index (κ2) is 8.39. The highest BCUT2D eigenvalue weighted by Crippen LogP contribution is 2.17. The quantitative estimate of drug-likeness (QED) is 0.641. The zero-order chi connectivity index (χ0) is 20.3. The second-order valence-corrected chi connectivity index (χ2v) is 6.97. The third kappa shape index (κ3) is 4.67. The fourth-order valence-corrected chi connectivity index (χ4v) is 3.20. The molecule has 0 fully saturated rings. The minimum Gasteiger partial charge on any atom is -0.456 e. The van der Waals surface area contributed by atoms with Gasteiger partial charge in [-0.3, -0.25) is 9.59 Å². The predicted octanol–water partition coefficient (Wildman–Crippen LogP) is 3.42. The molecule has 0 aliphatic carbocycles. The first-order chi connectivity index (χ1) is 13.3. The van der Waals surface area contributed by atoms with Gasteiger partial charge in [0.1, 0.15) is 0 Å². The number of hydrogen-bond donors (Lipinski definition) is 1. The average Bonchev–Trinajstić information content (AvgIpc) is 3.00. The highest BCUT2D eigenvalue weighted by Gasteiger charge is 2.14. The summed E-state index contributed by atoms with van der Waals surface area (Å²) in [6.45, 7) is 5.43. The molecule has 3 aromatic rings. The van der Waals surface area contributed by atoms with Gasteiger partial charge in [0, 0.05) is 34.6 Å². The largest absolute Gasteiger partial charge is 0.456 e. The third-order valence-electron chi connectivity index (χ3n) is 4.34. The lowest BCUT2D eigenvalue weighted by atomic mass is 10.1. The minimum atomic E-state index is -0.447. The van der Waals surface area contributed by atoms with Crippen molar-refractivity contribution in [2.45, 2.75) is 33.6 Å². The number of carbonyl (C=O) groups is 2. The van der Waals surface area contributed by atoms with Gasteiger partial charge >= 0.3 is 5.97 Å². The number of esters is 1. The lowest BCUT2D eigenvalue weighted by Gasteiger charge is -2.11. The summed E-state index contributed by atoms with van der Waals surface area (Å²) in [7, 11) is 0. The van der Waals surface area contributed by atoms with Crippen LogP contribution >= 0.6 is 11.6 Å². The summed E-state index contributed by atoms with van der Waals surface area (Å²) in [6.07, 6.45) is 0.619. The number of aromatic nitrogens is 3. The zero-order valence-corrected chi connectivity index (χ0v) is 16.7. The summed E-state index contributed by atoms with van der Waals surface area (Å²) in [5.41, 5.74) is 4.98. The van der Waals surface area contributed by atoms with Crippen molar-refractivity contribution in [1.29, 1.82) is 0 Å². The number of fused-ring (bicyclic) bond motifs is 1. The highest BCUT2D eigenvalue weighted by molar-refractivity contribution is 6.30. The van der Waals surface area contributed by atoms with E-state index in [1.54, 1.807) is 28.8 Å². The van der Waals surface area contributed by atoms with Gasteiger partial charge in [0.05, 0.1) is 5.69 Å². The molecule has 0 unspecified atom stereocenters. The Labute approximate surface area is 167 Å². The van der Waals surface area contributed by atoms with E-state index in [4.69, 9.17) is 16.3 Å². The number of carbonyl (C=O) groups excluding carboxylic acids is 2. The van der Waals surface area contributed by atoms with Gasteiger partial charge in [-0.2, -0.15) is 5.10 Å². The Balaban J connectivity index is 1.54. The highest BCUT2D eigenvalue weighted by atomic mass is 35.5. The van der Waals surface area contributed by atoms with E-state index in [0.29, 0.717) is 17.1 Å². The summed E-state index contributed by atoms with van der Waals surface area (Å²) in [5.74, 6) is -0.866. The summed E-state index contributed by atoms with van der Waals surface area (Å²) in [6, 6.07) is 8.67. The number of aryl methyl sites for hydroxylation is 3. The molecule has 0 aliphatic heterocycles. The molecule has 0 aliphatic rings. The number of anilines is 1. The molecule has 8 heteroatoms. The number of rotatable bonds is 6. The Bertz CT molecular complexity index is 1050. The number of halogens is 1. The van der Waals surface area contributed by atoms with Crippen LogP contribution in [0.5, 0.6) is 0 Å². The van der Waals surface area contributed by atoms with Gasteiger partial charge in [0.25, 0.3) is 5.91 Å². The Morgan fingerprint density at radius 2 is 2.00 bits per heavy atom. The van der Waals surface area contributed by atoms with Crippen molar-refractivity contribution in [1.82, 2.24) is 14.6 Å². The molecule has 0 saturated carbocycles. The van der Waals surface area contributed by atoms with Crippen LogP contribution in [0, 0.1) is 20.8 Å². The normalized spacial score (nSPS) is 10.9. The SMILES string of the molecule is Cc1cc2nc(C)c(CCC(=O)OCC(=O)Nc3cccc(Cl)c3)c(C)n2n1. The van der Waals surface area contributed by atoms with Gasteiger partial charge in [-0.25, -0.2) is 9.50 Å². The molecule has 146 valence electrons. The number of amides is 1. The van der Waals surface area contributed by atoms with E-state index in [1.165, 1.54) is 0 Å². The van der Waals surface area contributed by atoms with Crippen molar-refractivity contribution in [3.63, 3.8) is 0 Å². The molecule has 2 aromatic heterocycles. The molecule has 0 bridgehead atoms. The summed E-state index contributed by atoms with van der Waals surface area (Å²) < 4.78 is 6.85. The van der Waals surface area contributed by atoms with Gasteiger partial charge in [-0.05, 0) is 51.0 Å². The molecule has 1 aromatic carbocycles. The van der Waals surface area contributed by atoms with E-state index < -0.39 is 11.9 Å². The molecule has 7 nitrogen and oxygen atoms in total. The van der Waals surface area contributed by atoms with Crippen molar-refractivity contribution in [2.24, 2.45) is 0 Å². The van der Waals surface area contributed by atoms with Crippen molar-refractivity contribution in [3.8, 4) is 0 Å². The van der Waals surface area contributed by atoms with Crippen LogP contribution in [0.1, 0.15) is 29.1 Å². The van der Waals surface area contributed by atoms with Crippen LogP contribution in [0.15, 0.2) is 30.3 Å². The number of ether oxygens (including phenoxy) is 1. The Morgan fingerprint density at radius 1 is 1.21 bits per heavy atom. The number of nitrogens with one attached hydrogen (secondary N) is 1. The molecule has 0 spiro atoms. The van der Waals surface area contributed by atoms with Crippen LogP contribution in [-0.2, 0) is 20.7 Å². The van der Waals surface area contributed by atoms with E-state index in [1.807, 2.05) is 26.8 Å². The molecular formula is C20H21ClN4O3. The first kappa shape index (κ1) is 19.8. The predicted molar refractivity (Wildman–Crippen MR) is 107 cm³/mol. The van der Waals surface area contributed by atoms with Gasteiger partial charge in [0.2, 0.25) is 0 Å². The zero-order valence-electron chi connectivity index (χ0n) is 16.0. The van der Waals surface area contributed by atoms with E-state index in [9.17, 15) is 9.59 Å². The number of nitrogens with zero attached hydrogens (tertiary/aromatic N) is 3. The van der Waals surface area contributed by atoms with Gasteiger partial charge in [-0.15, -0.1) is 0 Å². The summed E-state index contributed by atoms with van der Waals surface area (Å²) in [5, 5.41) is 7.57. The van der Waals surface area contributed by atoms with Gasteiger partial charge in [0.15, 0.2) is 12.3 Å².